The molecular formula is C28H28Cl2N2O4. The first-order chi connectivity index (χ1) is 17.4. The molecule has 1 aliphatic heterocycles. The third-order valence-corrected chi connectivity index (χ3v) is 6.67. The molecule has 1 atom stereocenters. The largest absolute Gasteiger partial charge is 0.482 e. The highest BCUT2D eigenvalue weighted by atomic mass is 35.5. The summed E-state index contributed by atoms with van der Waals surface area (Å²) in [6.07, 6.45) is 0. The Hall–Kier alpha value is -2.90. The Balaban J connectivity index is 1.72. The molecule has 0 bridgehead atoms. The normalized spacial score (nSPS) is 14.8. The molecule has 1 saturated heterocycles. The highest BCUT2D eigenvalue weighted by Crippen LogP contribution is 2.32. The lowest BCUT2D eigenvalue weighted by Gasteiger charge is -2.37. The number of anilines is 1. The number of rotatable bonds is 7. The number of morpholine rings is 1. The number of aryl methyl sites for hydroxylation is 2. The van der Waals surface area contributed by atoms with Gasteiger partial charge < -0.3 is 9.47 Å². The van der Waals surface area contributed by atoms with Crippen LogP contribution >= 0.6 is 23.2 Å². The summed E-state index contributed by atoms with van der Waals surface area (Å²) in [4.78, 5) is 31.4. The number of amides is 2. The Labute approximate surface area is 221 Å². The molecule has 0 aromatic heterocycles. The van der Waals surface area contributed by atoms with E-state index in [1.807, 2.05) is 62.4 Å². The van der Waals surface area contributed by atoms with Gasteiger partial charge in [-0.1, -0.05) is 71.7 Å². The molecule has 0 N–H and O–H groups in total. The van der Waals surface area contributed by atoms with E-state index in [1.165, 1.54) is 4.90 Å². The van der Waals surface area contributed by atoms with Gasteiger partial charge in [0.25, 0.3) is 11.8 Å². The van der Waals surface area contributed by atoms with Gasteiger partial charge in [0.2, 0.25) is 0 Å². The van der Waals surface area contributed by atoms with Crippen LogP contribution in [-0.4, -0.2) is 49.6 Å². The molecule has 0 radical (unpaired) electrons. The van der Waals surface area contributed by atoms with Crippen molar-refractivity contribution in [1.82, 2.24) is 4.90 Å². The highest BCUT2D eigenvalue weighted by Gasteiger charge is 2.37. The zero-order chi connectivity index (χ0) is 25.7. The van der Waals surface area contributed by atoms with Gasteiger partial charge in [-0.25, -0.2) is 4.90 Å². The number of carbonyl (C=O) groups excluding carboxylic acids is 2. The highest BCUT2D eigenvalue weighted by molar-refractivity contribution is 6.35. The predicted octanol–water partition coefficient (Wildman–Crippen LogP) is 5.62. The SMILES string of the molecule is Cc1cccc(C)c1N(C(=O)COc1ccc(Cl)cc1Cl)C(=O)[C@@H](c1ccccc1)N1CCOCC1. The first kappa shape index (κ1) is 26.2. The van der Waals surface area contributed by atoms with Crippen LogP contribution in [0, 0.1) is 13.8 Å². The summed E-state index contributed by atoms with van der Waals surface area (Å²) in [5.74, 6) is -0.509. The first-order valence-electron chi connectivity index (χ1n) is 11.7. The molecular weight excluding hydrogens is 499 g/mol. The van der Waals surface area contributed by atoms with Crippen LogP contribution in [0.3, 0.4) is 0 Å². The first-order valence-corrected chi connectivity index (χ1v) is 12.5. The number of imide groups is 1. The third kappa shape index (κ3) is 5.90. The van der Waals surface area contributed by atoms with Crippen LogP contribution in [0.5, 0.6) is 5.75 Å². The maximum atomic E-state index is 14.3. The zero-order valence-corrected chi connectivity index (χ0v) is 21.8. The van der Waals surface area contributed by atoms with Gasteiger partial charge >= 0.3 is 0 Å². The van der Waals surface area contributed by atoms with Crippen LogP contribution in [0.25, 0.3) is 0 Å². The standard InChI is InChI=1S/C28H28Cl2N2O4/c1-19-7-6-8-20(2)26(19)32(25(33)18-36-24-12-11-22(29)17-23(24)30)28(34)27(21-9-4-3-5-10-21)31-13-15-35-16-14-31/h3-12,17,27H,13-16,18H2,1-2H3/t27-/m1/s1. The summed E-state index contributed by atoms with van der Waals surface area (Å²) in [7, 11) is 0. The molecule has 0 aliphatic carbocycles. The Kier molecular flexibility index (Phi) is 8.64. The van der Waals surface area contributed by atoms with Gasteiger partial charge in [0.05, 0.1) is 23.9 Å². The smallest absolute Gasteiger partial charge is 0.271 e. The Bertz CT molecular complexity index is 1210. The molecule has 0 spiro atoms. The number of para-hydroxylation sites is 1. The second-order valence-electron chi connectivity index (χ2n) is 8.63. The fourth-order valence-corrected chi connectivity index (χ4v) is 4.88. The molecule has 1 heterocycles. The molecule has 36 heavy (non-hydrogen) atoms. The number of nitrogens with zero attached hydrogens (tertiary/aromatic N) is 2. The Morgan fingerprint density at radius 1 is 0.972 bits per heavy atom. The van der Waals surface area contributed by atoms with E-state index in [4.69, 9.17) is 32.7 Å². The van der Waals surface area contributed by atoms with Crippen LogP contribution in [0.2, 0.25) is 10.0 Å². The summed E-state index contributed by atoms with van der Waals surface area (Å²) < 4.78 is 11.3. The lowest BCUT2D eigenvalue weighted by molar-refractivity contribution is -0.132. The predicted molar refractivity (Wildman–Crippen MR) is 142 cm³/mol. The summed E-state index contributed by atoms with van der Waals surface area (Å²) in [5.41, 5.74) is 3.01. The van der Waals surface area contributed by atoms with E-state index in [1.54, 1.807) is 18.2 Å². The second-order valence-corrected chi connectivity index (χ2v) is 9.48. The lowest BCUT2D eigenvalue weighted by Crippen LogP contribution is -2.50. The van der Waals surface area contributed by atoms with Crippen molar-refractivity contribution in [2.75, 3.05) is 37.8 Å². The van der Waals surface area contributed by atoms with Crippen LogP contribution < -0.4 is 9.64 Å². The molecule has 188 valence electrons. The summed E-state index contributed by atoms with van der Waals surface area (Å²) in [6.45, 7) is 5.61. The molecule has 8 heteroatoms. The monoisotopic (exact) mass is 526 g/mol. The van der Waals surface area contributed by atoms with Crippen LogP contribution in [0.15, 0.2) is 66.7 Å². The Morgan fingerprint density at radius 2 is 1.64 bits per heavy atom. The van der Waals surface area contributed by atoms with E-state index >= 15 is 0 Å². The zero-order valence-electron chi connectivity index (χ0n) is 20.2. The average molecular weight is 527 g/mol. The van der Waals surface area contributed by atoms with Crippen molar-refractivity contribution in [3.63, 3.8) is 0 Å². The van der Waals surface area contributed by atoms with E-state index in [0.29, 0.717) is 42.8 Å². The van der Waals surface area contributed by atoms with Crippen molar-refractivity contribution < 1.29 is 19.1 Å². The minimum absolute atomic E-state index is 0.288. The average Bonchev–Trinajstić information content (AvgIpc) is 2.87. The van der Waals surface area contributed by atoms with Gasteiger partial charge in [-0.05, 0) is 48.7 Å². The molecule has 3 aromatic rings. The number of hydrogen-bond donors (Lipinski definition) is 0. The number of benzene rings is 3. The summed E-state index contributed by atoms with van der Waals surface area (Å²) in [5, 5.41) is 0.748. The third-order valence-electron chi connectivity index (χ3n) is 6.14. The van der Waals surface area contributed by atoms with E-state index < -0.39 is 11.9 Å². The molecule has 0 unspecified atom stereocenters. The van der Waals surface area contributed by atoms with E-state index in [2.05, 4.69) is 4.90 Å². The van der Waals surface area contributed by atoms with Crippen LogP contribution in [0.1, 0.15) is 22.7 Å². The van der Waals surface area contributed by atoms with Crippen molar-refractivity contribution >= 4 is 40.7 Å². The second kappa shape index (κ2) is 11.9. The fourth-order valence-electron chi connectivity index (χ4n) is 4.42. The van der Waals surface area contributed by atoms with E-state index in [0.717, 1.165) is 16.7 Å². The topological polar surface area (TPSA) is 59.1 Å². The lowest BCUT2D eigenvalue weighted by atomic mass is 10.0. The maximum Gasteiger partial charge on any atom is 0.271 e. The Morgan fingerprint density at radius 3 is 2.28 bits per heavy atom. The van der Waals surface area contributed by atoms with Crippen molar-refractivity contribution in [3.05, 3.63) is 93.5 Å². The van der Waals surface area contributed by atoms with Gasteiger partial charge in [0.15, 0.2) is 6.61 Å². The van der Waals surface area contributed by atoms with E-state index in [9.17, 15) is 9.59 Å². The molecule has 6 nitrogen and oxygen atoms in total. The van der Waals surface area contributed by atoms with Gasteiger partial charge in [0.1, 0.15) is 11.8 Å². The molecule has 2 amide bonds. The number of halogens is 2. The van der Waals surface area contributed by atoms with Gasteiger partial charge in [-0.15, -0.1) is 0 Å². The maximum absolute atomic E-state index is 14.3. The number of hydrogen-bond acceptors (Lipinski definition) is 5. The van der Waals surface area contributed by atoms with Crippen LogP contribution in [0.4, 0.5) is 5.69 Å². The molecule has 4 rings (SSSR count). The molecule has 1 fully saturated rings. The fraction of sp³-hybridized carbons (Fsp3) is 0.286. The number of ether oxygens (including phenoxy) is 2. The van der Waals surface area contributed by atoms with Crippen molar-refractivity contribution in [1.29, 1.82) is 0 Å². The van der Waals surface area contributed by atoms with Crippen molar-refractivity contribution in [2.45, 2.75) is 19.9 Å². The molecule has 3 aromatic carbocycles. The summed E-state index contributed by atoms with van der Waals surface area (Å²) in [6, 6.07) is 19.3. The number of carbonyl (C=O) groups is 2. The quantitative estimate of drug-likeness (QED) is 0.399. The van der Waals surface area contributed by atoms with Gasteiger partial charge in [-0.3, -0.25) is 14.5 Å². The van der Waals surface area contributed by atoms with Gasteiger partial charge in [0, 0.05) is 18.1 Å². The summed E-state index contributed by atoms with van der Waals surface area (Å²) >= 11 is 12.2. The van der Waals surface area contributed by atoms with E-state index in [-0.39, 0.29) is 17.5 Å². The van der Waals surface area contributed by atoms with Crippen molar-refractivity contribution in [3.8, 4) is 5.75 Å². The minimum atomic E-state index is -0.655. The minimum Gasteiger partial charge on any atom is -0.482 e. The molecule has 1 aliphatic rings. The van der Waals surface area contributed by atoms with Crippen LogP contribution in [-0.2, 0) is 14.3 Å². The van der Waals surface area contributed by atoms with Crippen molar-refractivity contribution in [2.24, 2.45) is 0 Å². The molecule has 0 saturated carbocycles. The van der Waals surface area contributed by atoms with Gasteiger partial charge in [-0.2, -0.15) is 0 Å².